The van der Waals surface area contributed by atoms with Gasteiger partial charge in [0, 0.05) is 6.42 Å². The third-order valence-corrected chi connectivity index (χ3v) is 2.25. The van der Waals surface area contributed by atoms with Crippen molar-refractivity contribution in [3.8, 4) is 0 Å². The molecule has 0 fully saturated rings. The summed E-state index contributed by atoms with van der Waals surface area (Å²) in [5, 5.41) is 26.8. The van der Waals surface area contributed by atoms with Crippen LogP contribution in [0.15, 0.2) is 12.7 Å². The smallest absolute Gasteiger partial charge is 0.321 e. The minimum atomic E-state index is -1.92. The third kappa shape index (κ3) is 2.32. The molecule has 1 atom stereocenters. The lowest BCUT2D eigenvalue weighted by Gasteiger charge is -2.24. The molecule has 5 heteroatoms. The van der Waals surface area contributed by atoms with Crippen LogP contribution in [-0.4, -0.2) is 33.4 Å². The Kier molecular flexibility index (Phi) is 4.30. The largest absolute Gasteiger partial charge is 0.480 e. The highest BCUT2D eigenvalue weighted by molar-refractivity contribution is 5.98. The number of aliphatic carboxylic acids is 2. The molecule has 0 aliphatic heterocycles. The predicted molar refractivity (Wildman–Crippen MR) is 48.8 cm³/mol. The lowest BCUT2D eigenvalue weighted by atomic mass is 9.80. The number of carboxylic acids is 2. The fourth-order valence-corrected chi connectivity index (χ4v) is 1.15. The second kappa shape index (κ2) is 4.76. The maximum Gasteiger partial charge on any atom is 0.321 e. The van der Waals surface area contributed by atoms with Crippen LogP contribution < -0.4 is 0 Å². The van der Waals surface area contributed by atoms with Crippen molar-refractivity contribution in [3.05, 3.63) is 12.7 Å². The summed E-state index contributed by atoms with van der Waals surface area (Å²) >= 11 is 0. The Morgan fingerprint density at radius 1 is 1.43 bits per heavy atom. The zero-order valence-corrected chi connectivity index (χ0v) is 7.93. The van der Waals surface area contributed by atoms with Crippen LogP contribution in [0.2, 0.25) is 0 Å². The number of carbonyl (C=O) groups is 2. The molecule has 0 spiro atoms. The second-order valence-electron chi connectivity index (χ2n) is 3.05. The van der Waals surface area contributed by atoms with Crippen molar-refractivity contribution in [2.45, 2.75) is 25.9 Å². The molecule has 0 aliphatic carbocycles. The van der Waals surface area contributed by atoms with Crippen molar-refractivity contribution in [3.63, 3.8) is 0 Å². The van der Waals surface area contributed by atoms with Crippen LogP contribution in [0.1, 0.15) is 19.8 Å². The molecule has 0 rings (SSSR count). The van der Waals surface area contributed by atoms with E-state index >= 15 is 0 Å². The summed E-state index contributed by atoms with van der Waals surface area (Å²) in [7, 11) is 0. The summed E-state index contributed by atoms with van der Waals surface area (Å²) < 4.78 is 0. The van der Waals surface area contributed by atoms with Gasteiger partial charge in [-0.05, 0) is 6.42 Å². The molecule has 0 aromatic heterocycles. The van der Waals surface area contributed by atoms with E-state index in [-0.39, 0.29) is 12.8 Å². The number of hydrogen-bond acceptors (Lipinski definition) is 3. The minimum absolute atomic E-state index is 0.0808. The topological polar surface area (TPSA) is 94.8 Å². The minimum Gasteiger partial charge on any atom is -0.480 e. The fraction of sp³-hybridized carbons (Fsp3) is 0.556. The summed E-state index contributed by atoms with van der Waals surface area (Å²) in [6.07, 6.45) is -0.446. The Hall–Kier alpha value is -1.36. The highest BCUT2D eigenvalue weighted by atomic mass is 16.4. The van der Waals surface area contributed by atoms with Gasteiger partial charge in [0.05, 0.1) is 6.10 Å². The highest BCUT2D eigenvalue weighted by Gasteiger charge is 2.45. The van der Waals surface area contributed by atoms with Crippen LogP contribution in [0.25, 0.3) is 0 Å². The van der Waals surface area contributed by atoms with Crippen LogP contribution >= 0.6 is 0 Å². The highest BCUT2D eigenvalue weighted by Crippen LogP contribution is 2.29. The average molecular weight is 202 g/mol. The molecule has 0 saturated heterocycles. The van der Waals surface area contributed by atoms with Gasteiger partial charge in [0.2, 0.25) is 0 Å². The zero-order chi connectivity index (χ0) is 11.4. The standard InChI is InChI=1S/C9H14O5/c1-3-6(10)5-9(4-2,7(11)12)8(13)14/h3,6,10H,1,4-5H2,2H3,(H,11,12)(H,13,14). The van der Waals surface area contributed by atoms with Gasteiger partial charge < -0.3 is 15.3 Å². The van der Waals surface area contributed by atoms with E-state index in [1.54, 1.807) is 0 Å². The number of carboxylic acid groups (broad SMARTS) is 2. The molecule has 0 heterocycles. The van der Waals surface area contributed by atoms with Gasteiger partial charge in [-0.1, -0.05) is 13.0 Å². The fourth-order valence-electron chi connectivity index (χ4n) is 1.15. The molecule has 0 radical (unpaired) electrons. The Balaban J connectivity index is 4.95. The van der Waals surface area contributed by atoms with Crippen LogP contribution in [0.3, 0.4) is 0 Å². The van der Waals surface area contributed by atoms with E-state index in [0.717, 1.165) is 6.08 Å². The van der Waals surface area contributed by atoms with Gasteiger partial charge in [-0.25, -0.2) is 0 Å². The average Bonchev–Trinajstić information content (AvgIpc) is 2.12. The summed E-state index contributed by atoms with van der Waals surface area (Å²) in [4.78, 5) is 21.6. The maximum absolute atomic E-state index is 10.8. The predicted octanol–water partition coefficient (Wildman–Crippen LogP) is 0.489. The maximum atomic E-state index is 10.8. The van der Waals surface area contributed by atoms with Crippen LogP contribution in [0.5, 0.6) is 0 Å². The molecule has 1 unspecified atom stereocenters. The lowest BCUT2D eigenvalue weighted by Crippen LogP contribution is -2.41. The summed E-state index contributed by atoms with van der Waals surface area (Å²) in [5.74, 6) is -2.87. The van der Waals surface area contributed by atoms with E-state index in [4.69, 9.17) is 10.2 Å². The van der Waals surface area contributed by atoms with Crippen molar-refractivity contribution in [2.75, 3.05) is 0 Å². The SMILES string of the molecule is C=CC(O)CC(CC)(C(=O)O)C(=O)O. The normalized spacial score (nSPS) is 13.3. The van der Waals surface area contributed by atoms with Gasteiger partial charge >= 0.3 is 11.9 Å². The number of aliphatic hydroxyl groups excluding tert-OH is 1. The van der Waals surface area contributed by atoms with Crippen molar-refractivity contribution in [1.82, 2.24) is 0 Å². The monoisotopic (exact) mass is 202 g/mol. The van der Waals surface area contributed by atoms with Gasteiger partial charge in [0.25, 0.3) is 0 Å². The molecule has 0 saturated carbocycles. The van der Waals surface area contributed by atoms with E-state index in [2.05, 4.69) is 6.58 Å². The molecule has 3 N–H and O–H groups in total. The van der Waals surface area contributed by atoms with Crippen molar-refractivity contribution >= 4 is 11.9 Å². The first-order chi connectivity index (χ1) is 6.40. The Bertz CT molecular complexity index is 232. The molecule has 14 heavy (non-hydrogen) atoms. The van der Waals surface area contributed by atoms with E-state index in [1.807, 2.05) is 0 Å². The Labute approximate surface area is 81.7 Å². The molecular formula is C9H14O5. The molecule has 0 bridgehead atoms. The summed E-state index contributed by atoms with van der Waals surface area (Å²) in [6, 6.07) is 0. The Morgan fingerprint density at radius 2 is 1.86 bits per heavy atom. The molecule has 0 aliphatic rings. The van der Waals surface area contributed by atoms with E-state index < -0.39 is 23.5 Å². The molecule has 0 aromatic carbocycles. The number of aliphatic hydroxyl groups is 1. The van der Waals surface area contributed by atoms with Gasteiger partial charge in [-0.2, -0.15) is 0 Å². The molecule has 0 aromatic rings. The second-order valence-corrected chi connectivity index (χ2v) is 3.05. The molecule has 80 valence electrons. The first-order valence-corrected chi connectivity index (χ1v) is 4.18. The van der Waals surface area contributed by atoms with Gasteiger partial charge in [-0.3, -0.25) is 9.59 Å². The third-order valence-electron chi connectivity index (χ3n) is 2.25. The molecule has 5 nitrogen and oxygen atoms in total. The van der Waals surface area contributed by atoms with Gasteiger partial charge in [-0.15, -0.1) is 6.58 Å². The molecular weight excluding hydrogens is 188 g/mol. The van der Waals surface area contributed by atoms with Gasteiger partial charge in [0.1, 0.15) is 0 Å². The van der Waals surface area contributed by atoms with Crippen LogP contribution in [-0.2, 0) is 9.59 Å². The lowest BCUT2D eigenvalue weighted by molar-refractivity contribution is -0.167. The van der Waals surface area contributed by atoms with Crippen molar-refractivity contribution in [2.24, 2.45) is 5.41 Å². The number of rotatable bonds is 6. The first-order valence-electron chi connectivity index (χ1n) is 4.18. The van der Waals surface area contributed by atoms with Crippen LogP contribution in [0.4, 0.5) is 0 Å². The quantitative estimate of drug-likeness (QED) is 0.430. The number of hydrogen-bond donors (Lipinski definition) is 3. The van der Waals surface area contributed by atoms with E-state index in [9.17, 15) is 14.7 Å². The summed E-state index contributed by atoms with van der Waals surface area (Å²) in [5.41, 5.74) is -1.92. The van der Waals surface area contributed by atoms with E-state index in [1.165, 1.54) is 6.92 Å². The molecule has 0 amide bonds. The summed E-state index contributed by atoms with van der Waals surface area (Å²) in [6.45, 7) is 4.72. The Morgan fingerprint density at radius 3 is 2.07 bits per heavy atom. The van der Waals surface area contributed by atoms with Crippen molar-refractivity contribution in [1.29, 1.82) is 0 Å². The van der Waals surface area contributed by atoms with E-state index in [0.29, 0.717) is 0 Å². The van der Waals surface area contributed by atoms with Crippen LogP contribution in [0, 0.1) is 5.41 Å². The zero-order valence-electron chi connectivity index (χ0n) is 7.93. The first kappa shape index (κ1) is 12.6. The van der Waals surface area contributed by atoms with Crippen molar-refractivity contribution < 1.29 is 24.9 Å². The van der Waals surface area contributed by atoms with Gasteiger partial charge in [0.15, 0.2) is 5.41 Å².